The number of benzene rings is 3. The first-order chi connectivity index (χ1) is 14.2. The van der Waals surface area contributed by atoms with E-state index in [0.717, 1.165) is 49.9 Å². The lowest BCUT2D eigenvalue weighted by molar-refractivity contribution is -0.592. The summed E-state index contributed by atoms with van der Waals surface area (Å²) in [5.41, 5.74) is 6.55. The molecule has 6 rings (SSSR count). The lowest BCUT2D eigenvalue weighted by atomic mass is 10.0. The number of fused-ring (bicyclic) bond motifs is 7. The van der Waals surface area contributed by atoms with E-state index in [0.29, 0.717) is 5.69 Å². The molecule has 1 aliphatic heterocycles. The van der Waals surface area contributed by atoms with Crippen molar-refractivity contribution in [2.24, 2.45) is 0 Å². The average Bonchev–Trinajstić information content (AvgIpc) is 3.29. The van der Waals surface area contributed by atoms with Gasteiger partial charge in [-0.1, -0.05) is 30.3 Å². The molecule has 4 nitrogen and oxygen atoms in total. The van der Waals surface area contributed by atoms with E-state index >= 15 is 0 Å². The van der Waals surface area contributed by atoms with E-state index < -0.39 is 0 Å². The molecule has 0 saturated carbocycles. The van der Waals surface area contributed by atoms with Crippen molar-refractivity contribution >= 4 is 27.6 Å². The number of hydrogen-bond acceptors (Lipinski definition) is 2. The Balaban J connectivity index is 1.57. The van der Waals surface area contributed by atoms with Gasteiger partial charge >= 0.3 is 0 Å². The number of nitrogens with one attached hydrogen (secondary N) is 1. The normalized spacial score (nSPS) is 12.4. The molecular formula is C25H17N2O2+. The van der Waals surface area contributed by atoms with Crippen molar-refractivity contribution in [2.45, 2.75) is 0 Å². The number of carbonyl (C=O) groups excluding carboxylic acids is 1. The topological polar surface area (TPSA) is 46.0 Å². The molecule has 3 heterocycles. The van der Waals surface area contributed by atoms with E-state index in [4.69, 9.17) is 4.74 Å². The third kappa shape index (κ3) is 2.20. The maximum absolute atomic E-state index is 13.1. The summed E-state index contributed by atoms with van der Waals surface area (Å²) < 4.78 is 7.25. The second kappa shape index (κ2) is 5.79. The van der Waals surface area contributed by atoms with Crippen molar-refractivity contribution in [1.82, 2.24) is 4.98 Å². The van der Waals surface area contributed by atoms with Crippen molar-refractivity contribution < 1.29 is 14.1 Å². The molecule has 1 N–H and O–H groups in total. The molecule has 3 aromatic carbocycles. The summed E-state index contributed by atoms with van der Waals surface area (Å²) in [6, 6.07) is 24.2. The van der Waals surface area contributed by atoms with Crippen molar-refractivity contribution in [3.8, 4) is 22.6 Å². The van der Waals surface area contributed by atoms with Crippen LogP contribution in [0.15, 0.2) is 79.0 Å². The van der Waals surface area contributed by atoms with Gasteiger partial charge in [-0.3, -0.25) is 4.79 Å². The van der Waals surface area contributed by atoms with E-state index in [2.05, 4.69) is 41.4 Å². The van der Waals surface area contributed by atoms with Crippen molar-refractivity contribution in [3.05, 3.63) is 90.3 Å². The first kappa shape index (κ1) is 16.1. The van der Waals surface area contributed by atoms with Crippen LogP contribution in [0.2, 0.25) is 0 Å². The fourth-order valence-corrected chi connectivity index (χ4v) is 4.31. The van der Waals surface area contributed by atoms with Crippen LogP contribution in [0.5, 0.6) is 5.75 Å². The standard InChI is InChI=1S/C25H16N2O2/c1-29-17-9-6-15(7-10-17)16-8-11-21-20(14-16)18-12-13-27-22-5-3-2-4-19(22)25(28)24(27)23(18)26-21/h2-14H,1H3/p+1. The number of aromatic nitrogens is 2. The summed E-state index contributed by atoms with van der Waals surface area (Å²) in [6.45, 7) is 0. The Hall–Kier alpha value is -3.92. The highest BCUT2D eigenvalue weighted by Gasteiger charge is 2.37. The van der Waals surface area contributed by atoms with Crippen LogP contribution < -0.4 is 9.30 Å². The van der Waals surface area contributed by atoms with Crippen LogP contribution in [0.3, 0.4) is 0 Å². The molecule has 1 aliphatic rings. The summed E-state index contributed by atoms with van der Waals surface area (Å²) >= 11 is 0. The minimum atomic E-state index is 0.0631. The van der Waals surface area contributed by atoms with E-state index in [-0.39, 0.29) is 5.78 Å². The van der Waals surface area contributed by atoms with Crippen molar-refractivity contribution in [3.63, 3.8) is 0 Å². The zero-order valence-corrected chi connectivity index (χ0v) is 15.8. The number of hydrogen-bond donors (Lipinski definition) is 1. The van der Waals surface area contributed by atoms with E-state index in [1.165, 1.54) is 0 Å². The molecular weight excluding hydrogens is 360 g/mol. The molecule has 0 aliphatic carbocycles. The number of para-hydroxylation sites is 1. The van der Waals surface area contributed by atoms with Crippen LogP contribution in [0.4, 0.5) is 0 Å². The quantitative estimate of drug-likeness (QED) is 0.440. The molecule has 138 valence electrons. The van der Waals surface area contributed by atoms with Gasteiger partial charge in [-0.25, -0.2) is 0 Å². The van der Waals surface area contributed by atoms with Gasteiger partial charge in [0.05, 0.1) is 7.11 Å². The lowest BCUT2D eigenvalue weighted by Gasteiger charge is -2.04. The monoisotopic (exact) mass is 377 g/mol. The number of nitrogens with zero attached hydrogens (tertiary/aromatic N) is 1. The fraction of sp³-hybridized carbons (Fsp3) is 0.0400. The van der Waals surface area contributed by atoms with Gasteiger partial charge in [-0.2, -0.15) is 4.57 Å². The van der Waals surface area contributed by atoms with Gasteiger partial charge in [0, 0.05) is 28.4 Å². The molecule has 0 unspecified atom stereocenters. The zero-order valence-electron chi connectivity index (χ0n) is 15.8. The lowest BCUT2D eigenvalue weighted by Crippen LogP contribution is -2.31. The van der Waals surface area contributed by atoms with Gasteiger partial charge in [0.15, 0.2) is 6.20 Å². The number of ether oxygens (including phenoxy) is 1. The maximum Gasteiger partial charge on any atom is 0.284 e. The molecule has 0 fully saturated rings. The highest BCUT2D eigenvalue weighted by molar-refractivity contribution is 6.20. The number of rotatable bonds is 2. The van der Waals surface area contributed by atoms with Crippen LogP contribution in [-0.2, 0) is 0 Å². The SMILES string of the molecule is COc1ccc(-c2ccc3[nH]c4c5[n+](ccc4c3c2)-c2ccccc2C5=O)cc1. The second-order valence-electron chi connectivity index (χ2n) is 7.28. The fourth-order valence-electron chi connectivity index (χ4n) is 4.31. The summed E-state index contributed by atoms with van der Waals surface area (Å²) in [7, 11) is 1.67. The summed E-state index contributed by atoms with van der Waals surface area (Å²) in [6.07, 6.45) is 1.99. The molecule has 2 aromatic heterocycles. The second-order valence-corrected chi connectivity index (χ2v) is 7.28. The van der Waals surface area contributed by atoms with Crippen LogP contribution in [0, 0.1) is 0 Å². The number of ketones is 1. The van der Waals surface area contributed by atoms with Gasteiger partial charge < -0.3 is 9.72 Å². The Morgan fingerprint density at radius 3 is 2.48 bits per heavy atom. The molecule has 0 bridgehead atoms. The smallest absolute Gasteiger partial charge is 0.284 e. The van der Waals surface area contributed by atoms with E-state index in [1.807, 2.05) is 47.2 Å². The highest BCUT2D eigenvalue weighted by Crippen LogP contribution is 2.33. The van der Waals surface area contributed by atoms with Gasteiger partial charge in [0.1, 0.15) is 16.8 Å². The molecule has 0 saturated heterocycles. The number of carbonyl (C=O) groups is 1. The predicted molar refractivity (Wildman–Crippen MR) is 113 cm³/mol. The van der Waals surface area contributed by atoms with E-state index in [9.17, 15) is 4.79 Å². The highest BCUT2D eigenvalue weighted by atomic mass is 16.5. The third-order valence-electron chi connectivity index (χ3n) is 5.75. The van der Waals surface area contributed by atoms with Gasteiger partial charge in [-0.05, 0) is 41.5 Å². The molecule has 5 aromatic rings. The molecule has 29 heavy (non-hydrogen) atoms. The summed E-state index contributed by atoms with van der Waals surface area (Å²) in [4.78, 5) is 16.6. The number of pyridine rings is 1. The Kier molecular flexibility index (Phi) is 3.21. The van der Waals surface area contributed by atoms with Crippen LogP contribution in [-0.4, -0.2) is 17.9 Å². The third-order valence-corrected chi connectivity index (χ3v) is 5.75. The van der Waals surface area contributed by atoms with Crippen LogP contribution >= 0.6 is 0 Å². The number of methoxy groups -OCH3 is 1. The molecule has 0 atom stereocenters. The first-order valence-electron chi connectivity index (χ1n) is 9.53. The molecule has 0 radical (unpaired) electrons. The Bertz CT molecular complexity index is 1450. The maximum atomic E-state index is 13.1. The average molecular weight is 377 g/mol. The Labute approximate surface area is 167 Å². The molecule has 0 spiro atoms. The van der Waals surface area contributed by atoms with Crippen molar-refractivity contribution in [2.75, 3.05) is 7.11 Å². The van der Waals surface area contributed by atoms with Gasteiger partial charge in [-0.15, -0.1) is 0 Å². The number of H-pyrrole nitrogens is 1. The van der Waals surface area contributed by atoms with Crippen LogP contribution in [0.1, 0.15) is 16.1 Å². The predicted octanol–water partition coefficient (Wildman–Crippen LogP) is 4.82. The van der Waals surface area contributed by atoms with Gasteiger partial charge in [0.2, 0.25) is 5.69 Å². The molecule has 4 heteroatoms. The number of aromatic amines is 1. The Morgan fingerprint density at radius 1 is 0.862 bits per heavy atom. The van der Waals surface area contributed by atoms with Crippen LogP contribution in [0.25, 0.3) is 38.6 Å². The van der Waals surface area contributed by atoms with Crippen molar-refractivity contribution in [1.29, 1.82) is 0 Å². The summed E-state index contributed by atoms with van der Waals surface area (Å²) in [5.74, 6) is 0.903. The molecule has 0 amide bonds. The summed E-state index contributed by atoms with van der Waals surface area (Å²) in [5, 5.41) is 2.17. The van der Waals surface area contributed by atoms with Gasteiger partial charge in [0.25, 0.3) is 11.5 Å². The van der Waals surface area contributed by atoms with E-state index in [1.54, 1.807) is 7.11 Å². The largest absolute Gasteiger partial charge is 0.497 e. The zero-order chi connectivity index (χ0) is 19.5. The minimum Gasteiger partial charge on any atom is -0.497 e. The first-order valence-corrected chi connectivity index (χ1v) is 9.53. The minimum absolute atomic E-state index is 0.0631. The Morgan fingerprint density at radius 2 is 1.66 bits per heavy atom.